The second-order valence-corrected chi connectivity index (χ2v) is 6.66. The Hall–Kier alpha value is -2.45. The van der Waals surface area contributed by atoms with E-state index in [0.29, 0.717) is 5.75 Å². The molecule has 0 atom stereocenters. The van der Waals surface area contributed by atoms with Crippen LogP contribution >= 0.6 is 0 Å². The molecule has 0 amide bonds. The maximum Gasteiger partial charge on any atom is 0.271 e. The fraction of sp³-hybridized carbons (Fsp3) is 0.176. The van der Waals surface area contributed by atoms with Gasteiger partial charge in [0.15, 0.2) is 0 Å². The summed E-state index contributed by atoms with van der Waals surface area (Å²) < 4.78 is 31.2. The van der Waals surface area contributed by atoms with Crippen LogP contribution in [0.4, 0.5) is 0 Å². The Morgan fingerprint density at radius 2 is 1.68 bits per heavy atom. The van der Waals surface area contributed by atoms with E-state index in [1.165, 1.54) is 0 Å². The summed E-state index contributed by atoms with van der Waals surface area (Å²) >= 11 is 0. The Kier molecular flexibility index (Phi) is 4.74. The third-order valence-electron chi connectivity index (χ3n) is 3.24. The fourth-order valence-electron chi connectivity index (χ4n) is 1.93. The Balaban J connectivity index is 2.26. The minimum absolute atomic E-state index is 0.108. The van der Waals surface area contributed by atoms with Gasteiger partial charge in [-0.2, -0.15) is 0 Å². The summed E-state index contributed by atoms with van der Waals surface area (Å²) in [5.41, 5.74) is 1.77. The molecule has 2 aromatic carbocycles. The topological polar surface area (TPSA) is 46.6 Å². The number of aryl methyl sites for hydroxylation is 1. The van der Waals surface area contributed by atoms with Gasteiger partial charge in [-0.15, -0.1) is 0 Å². The molecule has 22 heavy (non-hydrogen) atoms. The van der Waals surface area contributed by atoms with Gasteiger partial charge >= 0.3 is 0 Å². The molecular formula is C17H17NO3S. The van der Waals surface area contributed by atoms with Crippen LogP contribution in [0.1, 0.15) is 11.1 Å². The number of sulfonamides is 1. The predicted octanol–water partition coefficient (Wildman–Crippen LogP) is 2.79. The summed E-state index contributed by atoms with van der Waals surface area (Å²) in [6.07, 6.45) is 5.40. The van der Waals surface area contributed by atoms with Gasteiger partial charge in [-0.05, 0) is 36.8 Å². The van der Waals surface area contributed by atoms with Crippen molar-refractivity contribution >= 4 is 10.0 Å². The summed E-state index contributed by atoms with van der Waals surface area (Å²) in [7, 11) is -2.14. The van der Waals surface area contributed by atoms with E-state index in [1.54, 1.807) is 55.6 Å². The molecule has 0 unspecified atom stereocenters. The number of ether oxygens (including phenoxy) is 1. The first-order chi connectivity index (χ1) is 10.5. The normalized spacial score (nSPS) is 10.8. The van der Waals surface area contributed by atoms with Gasteiger partial charge in [-0.1, -0.05) is 36.3 Å². The maximum absolute atomic E-state index is 12.6. The van der Waals surface area contributed by atoms with Gasteiger partial charge in [0.25, 0.3) is 10.0 Å². The van der Waals surface area contributed by atoms with E-state index in [2.05, 4.69) is 6.04 Å². The number of methoxy groups -OCH3 is 1. The zero-order valence-electron chi connectivity index (χ0n) is 12.5. The first-order valence-corrected chi connectivity index (χ1v) is 8.10. The number of benzene rings is 2. The van der Waals surface area contributed by atoms with Crippen molar-refractivity contribution in [2.45, 2.75) is 18.4 Å². The first-order valence-electron chi connectivity index (χ1n) is 6.66. The van der Waals surface area contributed by atoms with Crippen molar-refractivity contribution in [3.63, 3.8) is 0 Å². The van der Waals surface area contributed by atoms with Gasteiger partial charge in [0.05, 0.1) is 18.6 Å². The lowest BCUT2D eigenvalue weighted by molar-refractivity contribution is 0.414. The van der Waals surface area contributed by atoms with E-state index in [1.807, 2.05) is 6.92 Å². The van der Waals surface area contributed by atoms with Gasteiger partial charge in [0, 0.05) is 6.04 Å². The van der Waals surface area contributed by atoms with Crippen molar-refractivity contribution in [1.82, 2.24) is 4.31 Å². The quantitative estimate of drug-likeness (QED) is 0.629. The van der Waals surface area contributed by atoms with E-state index >= 15 is 0 Å². The average molecular weight is 315 g/mol. The molecule has 0 heterocycles. The number of hydrogen-bond acceptors (Lipinski definition) is 3. The van der Waals surface area contributed by atoms with E-state index in [-0.39, 0.29) is 11.4 Å². The molecular weight excluding hydrogens is 298 g/mol. The van der Waals surface area contributed by atoms with Crippen LogP contribution in [0.15, 0.2) is 53.4 Å². The number of hydrogen-bond donors (Lipinski definition) is 0. The molecule has 0 spiro atoms. The third-order valence-corrected chi connectivity index (χ3v) is 4.92. The molecule has 2 rings (SSSR count). The Morgan fingerprint density at radius 3 is 2.18 bits per heavy atom. The number of terminal acetylenes is 1. The molecule has 0 aromatic heterocycles. The van der Waals surface area contributed by atoms with Crippen LogP contribution in [0.25, 0.3) is 0 Å². The SMILES string of the molecule is C#CN(Cc1ccc(OC)cc1)S(=O)(=O)c1ccc(C)cc1. The third kappa shape index (κ3) is 3.41. The monoisotopic (exact) mass is 315 g/mol. The molecule has 0 fully saturated rings. The second-order valence-electron chi connectivity index (χ2n) is 4.80. The summed E-state index contributed by atoms with van der Waals surface area (Å²) in [6.45, 7) is 2.00. The smallest absolute Gasteiger partial charge is 0.271 e. The zero-order chi connectivity index (χ0) is 16.2. The Morgan fingerprint density at radius 1 is 1.09 bits per heavy atom. The van der Waals surface area contributed by atoms with Crippen molar-refractivity contribution in [2.75, 3.05) is 7.11 Å². The molecule has 0 aliphatic rings. The van der Waals surface area contributed by atoms with E-state index in [0.717, 1.165) is 15.4 Å². The summed E-state index contributed by atoms with van der Waals surface area (Å²) in [6, 6.07) is 16.0. The van der Waals surface area contributed by atoms with Gasteiger partial charge < -0.3 is 4.74 Å². The standard InChI is InChI=1S/C17H17NO3S/c1-4-18(13-15-7-9-16(21-3)10-8-15)22(19,20)17-11-5-14(2)6-12-17/h1,5-12H,13H2,2-3H3. The highest BCUT2D eigenvalue weighted by atomic mass is 32.2. The molecule has 0 bridgehead atoms. The van der Waals surface area contributed by atoms with Crippen molar-refractivity contribution in [3.8, 4) is 18.2 Å². The minimum atomic E-state index is -3.72. The summed E-state index contributed by atoms with van der Waals surface area (Å²) in [5.74, 6) is 0.706. The lowest BCUT2D eigenvalue weighted by Crippen LogP contribution is -2.26. The lowest BCUT2D eigenvalue weighted by Gasteiger charge is -2.18. The van der Waals surface area contributed by atoms with Crippen LogP contribution in [0, 0.1) is 19.4 Å². The van der Waals surface area contributed by atoms with Gasteiger partial charge in [0.1, 0.15) is 5.75 Å². The van der Waals surface area contributed by atoms with Crippen LogP contribution in [0.3, 0.4) is 0 Å². The molecule has 0 aliphatic heterocycles. The molecule has 0 radical (unpaired) electrons. The van der Waals surface area contributed by atoms with Crippen LogP contribution in [-0.4, -0.2) is 19.8 Å². The Labute approximate surface area is 131 Å². The molecule has 2 aromatic rings. The van der Waals surface area contributed by atoms with Gasteiger partial charge in [-0.25, -0.2) is 12.7 Å². The average Bonchev–Trinajstić information content (AvgIpc) is 2.53. The molecule has 114 valence electrons. The van der Waals surface area contributed by atoms with E-state index in [4.69, 9.17) is 11.2 Å². The summed E-state index contributed by atoms with van der Waals surface area (Å²) in [4.78, 5) is 0.185. The van der Waals surface area contributed by atoms with Gasteiger partial charge in [-0.3, -0.25) is 0 Å². The largest absolute Gasteiger partial charge is 0.497 e. The van der Waals surface area contributed by atoms with Crippen LogP contribution in [0.2, 0.25) is 0 Å². The van der Waals surface area contributed by atoms with Crippen LogP contribution in [0.5, 0.6) is 5.75 Å². The predicted molar refractivity (Wildman–Crippen MR) is 85.7 cm³/mol. The molecule has 4 nitrogen and oxygen atoms in total. The highest BCUT2D eigenvalue weighted by Gasteiger charge is 2.22. The highest BCUT2D eigenvalue weighted by Crippen LogP contribution is 2.19. The lowest BCUT2D eigenvalue weighted by atomic mass is 10.2. The van der Waals surface area contributed by atoms with Crippen molar-refractivity contribution in [1.29, 1.82) is 0 Å². The molecule has 0 saturated heterocycles. The summed E-state index contributed by atoms with van der Waals surface area (Å²) in [5, 5.41) is 0. The first kappa shape index (κ1) is 15.9. The van der Waals surface area contributed by atoms with Gasteiger partial charge in [0.2, 0.25) is 0 Å². The number of rotatable bonds is 5. The van der Waals surface area contributed by atoms with Crippen LogP contribution in [-0.2, 0) is 16.6 Å². The minimum Gasteiger partial charge on any atom is -0.497 e. The Bertz CT molecular complexity index is 772. The van der Waals surface area contributed by atoms with Crippen LogP contribution < -0.4 is 4.74 Å². The van der Waals surface area contributed by atoms with E-state index < -0.39 is 10.0 Å². The molecule has 0 aliphatic carbocycles. The van der Waals surface area contributed by atoms with Crippen molar-refractivity contribution in [2.24, 2.45) is 0 Å². The highest BCUT2D eigenvalue weighted by molar-refractivity contribution is 7.89. The molecule has 0 saturated carbocycles. The zero-order valence-corrected chi connectivity index (χ0v) is 13.3. The number of nitrogens with zero attached hydrogens (tertiary/aromatic N) is 1. The van der Waals surface area contributed by atoms with E-state index in [9.17, 15) is 8.42 Å². The second kappa shape index (κ2) is 6.54. The fourth-order valence-corrected chi connectivity index (χ4v) is 3.13. The van der Waals surface area contributed by atoms with Crippen molar-refractivity contribution < 1.29 is 13.2 Å². The van der Waals surface area contributed by atoms with Crippen molar-refractivity contribution in [3.05, 3.63) is 59.7 Å². The maximum atomic E-state index is 12.6. The molecule has 5 heteroatoms. The molecule has 0 N–H and O–H groups in total.